The molecular formula is C11H12BrNO2. The van der Waals surface area contributed by atoms with Crippen molar-refractivity contribution >= 4 is 22.0 Å². The first-order chi connectivity index (χ1) is 7.12. The summed E-state index contributed by atoms with van der Waals surface area (Å²) in [4.78, 5) is 10.8. The van der Waals surface area contributed by atoms with Crippen LogP contribution in [0.3, 0.4) is 0 Å². The lowest BCUT2D eigenvalue weighted by Crippen LogP contribution is -2.40. The summed E-state index contributed by atoms with van der Waals surface area (Å²) in [5, 5.41) is 0. The number of nitrogens with two attached hydrogens (primary N) is 1. The van der Waals surface area contributed by atoms with Gasteiger partial charge in [-0.1, -0.05) is 28.1 Å². The number of halogens is 1. The molecule has 0 unspecified atom stereocenters. The molecule has 0 aliphatic heterocycles. The number of amides is 1. The molecule has 0 atom stereocenters. The maximum atomic E-state index is 10.8. The highest BCUT2D eigenvalue weighted by Gasteiger charge is 2.42. The average Bonchev–Trinajstić information content (AvgIpc) is 2.13. The molecule has 1 aromatic rings. The number of primary amides is 1. The van der Waals surface area contributed by atoms with Crippen LogP contribution in [0, 0.1) is 0 Å². The van der Waals surface area contributed by atoms with Gasteiger partial charge in [0, 0.05) is 4.47 Å². The van der Waals surface area contributed by atoms with Gasteiger partial charge in [-0.25, -0.2) is 4.79 Å². The minimum absolute atomic E-state index is 0.466. The third-order valence-electron chi connectivity index (χ3n) is 2.83. The van der Waals surface area contributed by atoms with E-state index in [1.54, 1.807) is 0 Å². The molecule has 1 amide bonds. The lowest BCUT2D eigenvalue weighted by atomic mass is 9.75. The van der Waals surface area contributed by atoms with Gasteiger partial charge in [-0.05, 0) is 37.0 Å². The van der Waals surface area contributed by atoms with E-state index < -0.39 is 11.7 Å². The molecule has 0 radical (unpaired) electrons. The summed E-state index contributed by atoms with van der Waals surface area (Å²) < 4.78 is 6.24. The smallest absolute Gasteiger partial charge is 0.405 e. The average molecular weight is 270 g/mol. The fraction of sp³-hybridized carbons (Fsp3) is 0.364. The maximum absolute atomic E-state index is 10.8. The van der Waals surface area contributed by atoms with Crippen molar-refractivity contribution in [3.05, 3.63) is 34.3 Å². The number of carbonyl (C=O) groups excluding carboxylic acids is 1. The van der Waals surface area contributed by atoms with Crippen LogP contribution in [0.1, 0.15) is 24.8 Å². The quantitative estimate of drug-likeness (QED) is 0.898. The predicted molar refractivity (Wildman–Crippen MR) is 60.3 cm³/mol. The number of hydrogen-bond donors (Lipinski definition) is 1. The summed E-state index contributed by atoms with van der Waals surface area (Å²) in [5.41, 5.74) is 5.64. The Balaban J connectivity index is 2.26. The Hall–Kier alpha value is -1.03. The first kappa shape index (κ1) is 10.5. The molecule has 0 bridgehead atoms. The van der Waals surface area contributed by atoms with Crippen molar-refractivity contribution in [2.24, 2.45) is 5.73 Å². The van der Waals surface area contributed by atoms with E-state index in [2.05, 4.69) is 15.9 Å². The van der Waals surface area contributed by atoms with Gasteiger partial charge in [0.15, 0.2) is 0 Å². The number of ether oxygens (including phenoxy) is 1. The molecule has 1 fully saturated rings. The van der Waals surface area contributed by atoms with Crippen LogP contribution in [-0.2, 0) is 10.3 Å². The maximum Gasteiger partial charge on any atom is 0.405 e. The molecule has 2 rings (SSSR count). The van der Waals surface area contributed by atoms with Crippen LogP contribution in [0.4, 0.5) is 4.79 Å². The third-order valence-corrected chi connectivity index (χ3v) is 3.36. The first-order valence-electron chi connectivity index (χ1n) is 4.87. The van der Waals surface area contributed by atoms with Crippen molar-refractivity contribution in [2.75, 3.05) is 0 Å². The van der Waals surface area contributed by atoms with Gasteiger partial charge < -0.3 is 10.5 Å². The molecule has 0 aromatic heterocycles. The Labute approximate surface area is 96.7 Å². The molecule has 15 heavy (non-hydrogen) atoms. The van der Waals surface area contributed by atoms with Crippen LogP contribution in [0.5, 0.6) is 0 Å². The van der Waals surface area contributed by atoms with Gasteiger partial charge in [-0.15, -0.1) is 0 Å². The summed E-state index contributed by atoms with van der Waals surface area (Å²) in [6.45, 7) is 0. The van der Waals surface area contributed by atoms with Gasteiger partial charge in [0.25, 0.3) is 0 Å². The molecule has 4 heteroatoms. The Morgan fingerprint density at radius 1 is 1.33 bits per heavy atom. The van der Waals surface area contributed by atoms with Gasteiger partial charge in [0.1, 0.15) is 5.60 Å². The molecule has 1 aromatic carbocycles. The highest BCUT2D eigenvalue weighted by Crippen LogP contribution is 2.44. The number of hydrogen-bond acceptors (Lipinski definition) is 2. The van der Waals surface area contributed by atoms with Crippen LogP contribution in [0.25, 0.3) is 0 Å². The Morgan fingerprint density at radius 3 is 2.33 bits per heavy atom. The molecule has 1 saturated carbocycles. The summed E-state index contributed by atoms with van der Waals surface area (Å²) >= 11 is 3.37. The second-order valence-corrected chi connectivity index (χ2v) is 4.69. The van der Waals surface area contributed by atoms with Crippen LogP contribution < -0.4 is 5.73 Å². The largest absolute Gasteiger partial charge is 0.438 e. The van der Waals surface area contributed by atoms with Gasteiger partial charge in [-0.3, -0.25) is 0 Å². The molecule has 1 aliphatic rings. The predicted octanol–water partition coefficient (Wildman–Crippen LogP) is 2.92. The molecule has 0 heterocycles. The van der Waals surface area contributed by atoms with Crippen molar-refractivity contribution in [1.29, 1.82) is 0 Å². The number of benzene rings is 1. The topological polar surface area (TPSA) is 52.3 Å². The second-order valence-electron chi connectivity index (χ2n) is 3.78. The standard InChI is InChI=1S/C11H12BrNO2/c12-9-4-2-8(3-5-9)11(6-1-7-11)15-10(13)14/h2-5H,1,6-7H2,(H2,13,14). The van der Waals surface area contributed by atoms with E-state index in [0.29, 0.717) is 0 Å². The first-order valence-corrected chi connectivity index (χ1v) is 5.66. The van der Waals surface area contributed by atoms with Crippen molar-refractivity contribution in [3.63, 3.8) is 0 Å². The van der Waals surface area contributed by atoms with Crippen molar-refractivity contribution in [3.8, 4) is 0 Å². The summed E-state index contributed by atoms with van der Waals surface area (Å²) in [6.07, 6.45) is 2.09. The molecule has 0 saturated heterocycles. The van der Waals surface area contributed by atoms with E-state index in [1.807, 2.05) is 24.3 Å². The Morgan fingerprint density at radius 2 is 1.93 bits per heavy atom. The zero-order valence-electron chi connectivity index (χ0n) is 8.20. The fourth-order valence-corrected chi connectivity index (χ4v) is 2.16. The van der Waals surface area contributed by atoms with Gasteiger partial charge in [0.2, 0.25) is 0 Å². The zero-order chi connectivity index (χ0) is 10.9. The summed E-state index contributed by atoms with van der Waals surface area (Å²) in [7, 11) is 0. The van der Waals surface area contributed by atoms with Gasteiger partial charge in [-0.2, -0.15) is 0 Å². The third kappa shape index (κ3) is 2.00. The zero-order valence-corrected chi connectivity index (χ0v) is 9.79. The monoisotopic (exact) mass is 269 g/mol. The Bertz CT molecular complexity index is 371. The molecule has 0 spiro atoms. The second kappa shape index (κ2) is 3.85. The lowest BCUT2D eigenvalue weighted by molar-refractivity contribution is -0.0489. The van der Waals surface area contributed by atoms with Crippen LogP contribution in [-0.4, -0.2) is 6.09 Å². The normalized spacial score (nSPS) is 17.9. The fourth-order valence-electron chi connectivity index (χ4n) is 1.89. The number of carbonyl (C=O) groups is 1. The summed E-state index contributed by atoms with van der Waals surface area (Å²) in [6, 6.07) is 7.82. The van der Waals surface area contributed by atoms with E-state index in [0.717, 1.165) is 29.3 Å². The van der Waals surface area contributed by atoms with Crippen LogP contribution in [0.2, 0.25) is 0 Å². The Kier molecular flexibility index (Phi) is 2.69. The molecular weight excluding hydrogens is 258 g/mol. The molecule has 80 valence electrons. The summed E-state index contributed by atoms with van der Waals surface area (Å²) in [5.74, 6) is 0. The highest BCUT2D eigenvalue weighted by atomic mass is 79.9. The van der Waals surface area contributed by atoms with Gasteiger partial charge >= 0.3 is 6.09 Å². The molecule has 1 aliphatic carbocycles. The van der Waals surface area contributed by atoms with E-state index >= 15 is 0 Å². The van der Waals surface area contributed by atoms with Crippen molar-refractivity contribution in [2.45, 2.75) is 24.9 Å². The number of rotatable bonds is 2. The minimum atomic E-state index is -0.697. The van der Waals surface area contributed by atoms with E-state index in [9.17, 15) is 4.79 Å². The lowest BCUT2D eigenvalue weighted by Gasteiger charge is -2.40. The van der Waals surface area contributed by atoms with E-state index in [1.165, 1.54) is 0 Å². The molecule has 2 N–H and O–H groups in total. The van der Waals surface area contributed by atoms with E-state index in [-0.39, 0.29) is 0 Å². The van der Waals surface area contributed by atoms with Crippen LogP contribution >= 0.6 is 15.9 Å². The van der Waals surface area contributed by atoms with Crippen molar-refractivity contribution < 1.29 is 9.53 Å². The minimum Gasteiger partial charge on any atom is -0.438 e. The van der Waals surface area contributed by atoms with E-state index in [4.69, 9.17) is 10.5 Å². The van der Waals surface area contributed by atoms with Crippen LogP contribution in [0.15, 0.2) is 28.7 Å². The SMILES string of the molecule is NC(=O)OC1(c2ccc(Br)cc2)CCC1. The van der Waals surface area contributed by atoms with Crippen molar-refractivity contribution in [1.82, 2.24) is 0 Å². The highest BCUT2D eigenvalue weighted by molar-refractivity contribution is 9.10. The molecule has 3 nitrogen and oxygen atoms in total. The van der Waals surface area contributed by atoms with Gasteiger partial charge in [0.05, 0.1) is 0 Å².